The Morgan fingerprint density at radius 2 is 2.00 bits per heavy atom. The van der Waals surface area contributed by atoms with E-state index in [1.165, 1.54) is 0 Å². The number of ether oxygens (including phenoxy) is 1. The van der Waals surface area contributed by atoms with Gasteiger partial charge in [-0.1, -0.05) is 48.0 Å². The Labute approximate surface area is 111 Å². The molecule has 4 heteroatoms. The van der Waals surface area contributed by atoms with Crippen molar-refractivity contribution >= 4 is 17.7 Å². The van der Waals surface area contributed by atoms with E-state index in [1.807, 2.05) is 42.5 Å². The predicted molar refractivity (Wildman–Crippen MR) is 72.8 cm³/mol. The molecule has 0 aliphatic carbocycles. The average molecular weight is 261 g/mol. The van der Waals surface area contributed by atoms with E-state index < -0.39 is 0 Å². The molecule has 92 valence electrons. The number of hydrogen-bond donors (Lipinski definition) is 0. The highest BCUT2D eigenvalue weighted by molar-refractivity contribution is 6.29. The van der Waals surface area contributed by atoms with Crippen LogP contribution in [0.15, 0.2) is 42.5 Å². The minimum atomic E-state index is 0.393. The molecule has 0 bridgehead atoms. The molecule has 0 N–H and O–H groups in total. The zero-order valence-electron chi connectivity index (χ0n) is 10.0. The van der Waals surface area contributed by atoms with Crippen LogP contribution in [0.2, 0.25) is 5.15 Å². The van der Waals surface area contributed by atoms with Crippen molar-refractivity contribution in [3.63, 3.8) is 0 Å². The minimum Gasteiger partial charge on any atom is -0.473 e. The standard InChI is InChI=1S/C14H13ClN2O/c1-11-16-13(15)10-14(17-11)18-9-5-8-12-6-3-2-4-7-12/h2-8,10H,9H2,1H3/b8-5+. The fourth-order valence-electron chi connectivity index (χ4n) is 1.46. The molecule has 3 nitrogen and oxygen atoms in total. The maximum Gasteiger partial charge on any atom is 0.218 e. The van der Waals surface area contributed by atoms with E-state index in [2.05, 4.69) is 9.97 Å². The highest BCUT2D eigenvalue weighted by Gasteiger charge is 1.99. The van der Waals surface area contributed by atoms with Crippen LogP contribution in [0.1, 0.15) is 11.4 Å². The van der Waals surface area contributed by atoms with E-state index in [0.717, 1.165) is 5.56 Å². The Hall–Kier alpha value is -1.87. The average Bonchev–Trinajstić information content (AvgIpc) is 2.35. The van der Waals surface area contributed by atoms with E-state index in [0.29, 0.717) is 23.5 Å². The van der Waals surface area contributed by atoms with Crippen LogP contribution in [-0.4, -0.2) is 16.6 Å². The first kappa shape index (κ1) is 12.6. The molecule has 2 rings (SSSR count). The maximum absolute atomic E-state index is 5.81. The summed E-state index contributed by atoms with van der Waals surface area (Å²) in [6, 6.07) is 11.6. The molecule has 1 heterocycles. The molecule has 1 aromatic heterocycles. The van der Waals surface area contributed by atoms with E-state index in [9.17, 15) is 0 Å². The van der Waals surface area contributed by atoms with Crippen molar-refractivity contribution in [2.24, 2.45) is 0 Å². The molecule has 0 fully saturated rings. The van der Waals surface area contributed by atoms with Gasteiger partial charge in [-0.15, -0.1) is 0 Å². The largest absolute Gasteiger partial charge is 0.473 e. The van der Waals surface area contributed by atoms with Crippen LogP contribution in [-0.2, 0) is 0 Å². The number of aryl methyl sites for hydroxylation is 1. The molecule has 0 aliphatic rings. The Balaban J connectivity index is 1.90. The van der Waals surface area contributed by atoms with Gasteiger partial charge in [0.2, 0.25) is 5.88 Å². The lowest BCUT2D eigenvalue weighted by molar-refractivity contribution is 0.347. The predicted octanol–water partition coefficient (Wildman–Crippen LogP) is 3.53. The van der Waals surface area contributed by atoms with E-state index in [-0.39, 0.29) is 0 Å². The van der Waals surface area contributed by atoms with E-state index in [1.54, 1.807) is 13.0 Å². The second-order valence-electron chi connectivity index (χ2n) is 3.70. The monoisotopic (exact) mass is 260 g/mol. The smallest absolute Gasteiger partial charge is 0.218 e. The van der Waals surface area contributed by atoms with Gasteiger partial charge >= 0.3 is 0 Å². The first-order valence-electron chi connectivity index (χ1n) is 5.59. The molecule has 0 amide bonds. The summed E-state index contributed by atoms with van der Waals surface area (Å²) in [6.45, 7) is 2.22. The first-order valence-corrected chi connectivity index (χ1v) is 5.97. The Morgan fingerprint density at radius 1 is 1.22 bits per heavy atom. The normalized spacial score (nSPS) is 10.8. The van der Waals surface area contributed by atoms with Crippen molar-refractivity contribution in [2.75, 3.05) is 6.61 Å². The number of benzene rings is 1. The van der Waals surface area contributed by atoms with Crippen LogP contribution in [0.4, 0.5) is 0 Å². The zero-order valence-corrected chi connectivity index (χ0v) is 10.8. The van der Waals surface area contributed by atoms with Crippen LogP contribution in [0.5, 0.6) is 5.88 Å². The van der Waals surface area contributed by atoms with Crippen LogP contribution in [0.3, 0.4) is 0 Å². The van der Waals surface area contributed by atoms with E-state index in [4.69, 9.17) is 16.3 Å². The number of aromatic nitrogens is 2. The summed E-state index contributed by atoms with van der Waals surface area (Å²) in [5.41, 5.74) is 1.14. The minimum absolute atomic E-state index is 0.393. The van der Waals surface area contributed by atoms with Gasteiger partial charge in [-0.2, -0.15) is 4.98 Å². The lowest BCUT2D eigenvalue weighted by Crippen LogP contribution is -1.98. The topological polar surface area (TPSA) is 35.0 Å². The van der Waals surface area contributed by atoms with Gasteiger partial charge in [0.1, 0.15) is 17.6 Å². The third-order valence-corrected chi connectivity index (χ3v) is 2.41. The van der Waals surface area contributed by atoms with Gasteiger partial charge in [0.05, 0.1) is 0 Å². The molecule has 0 radical (unpaired) electrons. The number of rotatable bonds is 4. The molecule has 0 saturated carbocycles. The number of halogens is 1. The second-order valence-corrected chi connectivity index (χ2v) is 4.09. The van der Waals surface area contributed by atoms with Crippen LogP contribution >= 0.6 is 11.6 Å². The summed E-state index contributed by atoms with van der Waals surface area (Å²) >= 11 is 5.81. The van der Waals surface area contributed by atoms with Gasteiger partial charge in [0.25, 0.3) is 0 Å². The third-order valence-electron chi connectivity index (χ3n) is 2.22. The lowest BCUT2D eigenvalue weighted by Gasteiger charge is -2.03. The highest BCUT2D eigenvalue weighted by atomic mass is 35.5. The summed E-state index contributed by atoms with van der Waals surface area (Å²) < 4.78 is 5.47. The Morgan fingerprint density at radius 3 is 2.72 bits per heavy atom. The molecule has 18 heavy (non-hydrogen) atoms. The van der Waals surface area contributed by atoms with Crippen molar-refractivity contribution in [2.45, 2.75) is 6.92 Å². The summed E-state index contributed by atoms with van der Waals surface area (Å²) in [5.74, 6) is 1.09. The van der Waals surface area contributed by atoms with Crippen LogP contribution < -0.4 is 4.74 Å². The molecule has 2 aromatic rings. The zero-order chi connectivity index (χ0) is 12.8. The quantitative estimate of drug-likeness (QED) is 0.789. The molecule has 0 saturated heterocycles. The van der Waals surface area contributed by atoms with Crippen molar-refractivity contribution in [3.05, 3.63) is 59.0 Å². The maximum atomic E-state index is 5.81. The fourth-order valence-corrected chi connectivity index (χ4v) is 1.68. The molecule has 0 atom stereocenters. The first-order chi connectivity index (χ1) is 8.74. The van der Waals surface area contributed by atoms with Crippen molar-refractivity contribution < 1.29 is 4.74 Å². The van der Waals surface area contributed by atoms with Crippen molar-refractivity contribution in [1.82, 2.24) is 9.97 Å². The summed E-state index contributed by atoms with van der Waals surface area (Å²) in [5, 5.41) is 0.393. The van der Waals surface area contributed by atoms with Crippen LogP contribution in [0.25, 0.3) is 6.08 Å². The molecule has 0 aliphatic heterocycles. The van der Waals surface area contributed by atoms with Gasteiger partial charge in [-0.25, -0.2) is 4.98 Å². The second kappa shape index (κ2) is 6.17. The van der Waals surface area contributed by atoms with Gasteiger partial charge in [0.15, 0.2) is 0 Å². The van der Waals surface area contributed by atoms with Gasteiger partial charge < -0.3 is 4.74 Å². The van der Waals surface area contributed by atoms with Gasteiger partial charge in [-0.3, -0.25) is 0 Å². The lowest BCUT2D eigenvalue weighted by atomic mass is 10.2. The fraction of sp³-hybridized carbons (Fsp3) is 0.143. The number of nitrogens with zero attached hydrogens (tertiary/aromatic N) is 2. The Bertz CT molecular complexity index is 520. The molecule has 1 aromatic carbocycles. The van der Waals surface area contributed by atoms with Gasteiger partial charge in [-0.05, 0) is 18.6 Å². The molecule has 0 spiro atoms. The third kappa shape index (κ3) is 3.86. The van der Waals surface area contributed by atoms with Crippen LogP contribution in [0, 0.1) is 6.92 Å². The van der Waals surface area contributed by atoms with Crippen molar-refractivity contribution in [3.8, 4) is 5.88 Å². The molecular formula is C14H13ClN2O. The van der Waals surface area contributed by atoms with E-state index >= 15 is 0 Å². The summed E-state index contributed by atoms with van der Waals surface area (Å²) in [7, 11) is 0. The number of hydrogen-bond acceptors (Lipinski definition) is 3. The molecule has 0 unspecified atom stereocenters. The summed E-state index contributed by atoms with van der Waals surface area (Å²) in [6.07, 6.45) is 3.93. The summed E-state index contributed by atoms with van der Waals surface area (Å²) in [4.78, 5) is 8.09. The molecular weight excluding hydrogens is 248 g/mol. The highest BCUT2D eigenvalue weighted by Crippen LogP contribution is 2.13. The van der Waals surface area contributed by atoms with Gasteiger partial charge in [0, 0.05) is 6.07 Å². The van der Waals surface area contributed by atoms with Crippen molar-refractivity contribution in [1.29, 1.82) is 0 Å². The SMILES string of the molecule is Cc1nc(Cl)cc(OC/C=C/c2ccccc2)n1. The Kier molecular flexibility index (Phi) is 4.31.